The van der Waals surface area contributed by atoms with Crippen LogP contribution < -0.4 is 10.6 Å². The Morgan fingerprint density at radius 2 is 1.69 bits per heavy atom. The summed E-state index contributed by atoms with van der Waals surface area (Å²) in [6.07, 6.45) is -1.25. The van der Waals surface area contributed by atoms with E-state index in [1.165, 1.54) is 6.92 Å². The van der Waals surface area contributed by atoms with Crippen molar-refractivity contribution in [2.45, 2.75) is 6.92 Å². The van der Waals surface area contributed by atoms with Crippen molar-refractivity contribution in [3.63, 3.8) is 0 Å². The van der Waals surface area contributed by atoms with Crippen LogP contribution in [0.5, 0.6) is 0 Å². The minimum absolute atomic E-state index is 0.0477. The average molecular weight is 205 g/mol. The zero-order valence-electron chi connectivity index (χ0n) is 7.46. The molecule has 75 valence electrons. The van der Waals surface area contributed by atoms with Gasteiger partial charge in [0.1, 0.15) is 0 Å². The maximum absolute atomic E-state index is 10.4. The summed E-state index contributed by atoms with van der Waals surface area (Å²) in [5.41, 5.74) is 0. The third-order valence-electron chi connectivity index (χ3n) is 1.14. The molecule has 0 atom stereocenters. The number of amides is 2. The van der Waals surface area contributed by atoms with Gasteiger partial charge in [-0.3, -0.25) is 4.79 Å². The number of carbonyl (C=O) groups is 2. The van der Waals surface area contributed by atoms with Crippen LogP contribution in [0.2, 0.25) is 0 Å². The highest BCUT2D eigenvalue weighted by Crippen LogP contribution is 1.95. The normalized spacial score (nSPS) is 9.31. The number of hydrogen-bond acceptors (Lipinski definition) is 3. The molecule has 0 rings (SSSR count). The Bertz CT molecular complexity index is 157. The first-order valence-electron chi connectivity index (χ1n) is 3.90. The predicted octanol–water partition coefficient (Wildman–Crippen LogP) is -0.00420. The van der Waals surface area contributed by atoms with Gasteiger partial charge >= 0.3 is 6.09 Å². The molecule has 0 spiro atoms. The van der Waals surface area contributed by atoms with Gasteiger partial charge in [0, 0.05) is 31.5 Å². The summed E-state index contributed by atoms with van der Waals surface area (Å²) < 4.78 is 0. The summed E-state index contributed by atoms with van der Waals surface area (Å²) in [6, 6.07) is 0. The fourth-order valence-corrected chi connectivity index (χ4v) is 1.32. The second kappa shape index (κ2) is 7.72. The van der Waals surface area contributed by atoms with Gasteiger partial charge in [-0.15, -0.1) is 0 Å². The highest BCUT2D eigenvalue weighted by atomic mass is 32.2. The first-order valence-corrected chi connectivity index (χ1v) is 5.05. The summed E-state index contributed by atoms with van der Waals surface area (Å²) in [4.78, 5) is 20.3. The van der Waals surface area contributed by atoms with Crippen LogP contribution in [-0.2, 0) is 9.90 Å². The molecule has 0 heterocycles. The molecule has 0 aliphatic heterocycles. The maximum atomic E-state index is 10.4. The summed E-state index contributed by atoms with van der Waals surface area (Å²) >= 11 is 1.57. The quantitative estimate of drug-likeness (QED) is 0.599. The Kier molecular flexibility index (Phi) is 7.18. The fourth-order valence-electron chi connectivity index (χ4n) is 0.627. The van der Waals surface area contributed by atoms with Gasteiger partial charge in [-0.25, -0.2) is 9.90 Å². The molecule has 0 saturated heterocycles. The van der Waals surface area contributed by atoms with E-state index in [-0.39, 0.29) is 5.91 Å². The average Bonchev–Trinajstić information content (AvgIpc) is 2.01. The Morgan fingerprint density at radius 1 is 1.15 bits per heavy atom. The molecule has 0 unspecified atom stereocenters. The van der Waals surface area contributed by atoms with Crippen LogP contribution in [0.15, 0.2) is 0 Å². The third kappa shape index (κ3) is 11.1. The SMILES string of the molecule is CC(=O)NCCSCCNC([O])=O. The molecule has 2 N–H and O–H groups in total. The molecular formula is C7H13N2O3S. The Hall–Kier alpha value is -0.910. The van der Waals surface area contributed by atoms with E-state index in [2.05, 4.69) is 10.6 Å². The lowest BCUT2D eigenvalue weighted by Gasteiger charge is -2.01. The minimum atomic E-state index is -1.25. The van der Waals surface area contributed by atoms with E-state index in [1.54, 1.807) is 11.8 Å². The Balaban J connectivity index is 3.00. The van der Waals surface area contributed by atoms with Crippen LogP contribution >= 0.6 is 11.8 Å². The van der Waals surface area contributed by atoms with Crippen LogP contribution in [0.3, 0.4) is 0 Å². The van der Waals surface area contributed by atoms with Gasteiger partial charge in [-0.1, -0.05) is 0 Å². The van der Waals surface area contributed by atoms with Gasteiger partial charge in [0.25, 0.3) is 0 Å². The largest absolute Gasteiger partial charge is 0.450 e. The lowest BCUT2D eigenvalue weighted by Crippen LogP contribution is -2.24. The van der Waals surface area contributed by atoms with Gasteiger partial charge in [-0.05, 0) is 0 Å². The van der Waals surface area contributed by atoms with E-state index < -0.39 is 6.09 Å². The first-order chi connectivity index (χ1) is 6.13. The van der Waals surface area contributed by atoms with Crippen LogP contribution in [0.1, 0.15) is 6.92 Å². The van der Waals surface area contributed by atoms with Gasteiger partial charge in [-0.2, -0.15) is 11.8 Å². The zero-order valence-corrected chi connectivity index (χ0v) is 8.28. The Morgan fingerprint density at radius 3 is 2.15 bits per heavy atom. The molecule has 0 aromatic heterocycles. The molecule has 0 bridgehead atoms. The predicted molar refractivity (Wildman–Crippen MR) is 50.1 cm³/mol. The standard InChI is InChI=1S/C7H13N2O3S/c1-6(10)8-2-4-13-5-3-9-7(11)12/h9H,2-5H2,1H3,(H,8,10). The summed E-state index contributed by atoms with van der Waals surface area (Å²) in [5.74, 6) is 1.43. The van der Waals surface area contributed by atoms with Crippen LogP contribution in [0.25, 0.3) is 0 Å². The van der Waals surface area contributed by atoms with E-state index in [0.717, 1.165) is 5.75 Å². The maximum Gasteiger partial charge on any atom is 0.450 e. The minimum Gasteiger partial charge on any atom is -0.356 e. The topological polar surface area (TPSA) is 78.1 Å². The van der Waals surface area contributed by atoms with Crippen LogP contribution in [-0.4, -0.2) is 36.6 Å². The molecule has 0 aliphatic rings. The van der Waals surface area contributed by atoms with E-state index in [1.807, 2.05) is 0 Å². The number of carbonyl (C=O) groups excluding carboxylic acids is 2. The second-order valence-corrected chi connectivity index (χ2v) is 3.53. The van der Waals surface area contributed by atoms with E-state index in [4.69, 9.17) is 0 Å². The van der Waals surface area contributed by atoms with Crippen molar-refractivity contribution in [3.8, 4) is 0 Å². The van der Waals surface area contributed by atoms with Crippen molar-refractivity contribution < 1.29 is 14.7 Å². The molecule has 0 fully saturated rings. The smallest absolute Gasteiger partial charge is 0.356 e. The summed E-state index contributed by atoms with van der Waals surface area (Å²) in [5, 5.41) is 14.7. The van der Waals surface area contributed by atoms with Crippen LogP contribution in [0.4, 0.5) is 4.79 Å². The molecule has 0 saturated carbocycles. The monoisotopic (exact) mass is 205 g/mol. The van der Waals surface area contributed by atoms with Gasteiger partial charge in [0.15, 0.2) is 0 Å². The second-order valence-electron chi connectivity index (χ2n) is 2.31. The summed E-state index contributed by atoms with van der Waals surface area (Å²) in [7, 11) is 0. The number of thioether (sulfide) groups is 1. The molecule has 1 radical (unpaired) electrons. The van der Waals surface area contributed by atoms with Gasteiger partial charge in [0.2, 0.25) is 5.91 Å². The lowest BCUT2D eigenvalue weighted by atomic mass is 10.6. The van der Waals surface area contributed by atoms with E-state index in [9.17, 15) is 14.7 Å². The van der Waals surface area contributed by atoms with Crippen molar-refractivity contribution in [3.05, 3.63) is 0 Å². The highest BCUT2D eigenvalue weighted by molar-refractivity contribution is 7.99. The van der Waals surface area contributed by atoms with Crippen molar-refractivity contribution in [2.75, 3.05) is 24.6 Å². The highest BCUT2D eigenvalue weighted by Gasteiger charge is 1.95. The third-order valence-corrected chi connectivity index (χ3v) is 2.12. The zero-order chi connectivity index (χ0) is 10.1. The number of hydrogen-bond donors (Lipinski definition) is 2. The molecule has 0 aliphatic carbocycles. The lowest BCUT2D eigenvalue weighted by molar-refractivity contribution is -0.118. The van der Waals surface area contributed by atoms with Crippen molar-refractivity contribution in [1.82, 2.24) is 10.6 Å². The first kappa shape index (κ1) is 12.1. The van der Waals surface area contributed by atoms with Crippen molar-refractivity contribution >= 4 is 23.8 Å². The van der Waals surface area contributed by atoms with Gasteiger partial charge < -0.3 is 10.6 Å². The van der Waals surface area contributed by atoms with Crippen LogP contribution in [0, 0.1) is 0 Å². The molecule has 5 nitrogen and oxygen atoms in total. The number of rotatable bonds is 6. The summed E-state index contributed by atoms with van der Waals surface area (Å²) in [6.45, 7) is 2.46. The molecule has 0 aromatic rings. The number of nitrogens with one attached hydrogen (secondary N) is 2. The van der Waals surface area contributed by atoms with Crippen molar-refractivity contribution in [2.24, 2.45) is 0 Å². The Labute approximate surface area is 81.3 Å². The molecule has 13 heavy (non-hydrogen) atoms. The van der Waals surface area contributed by atoms with Crippen molar-refractivity contribution in [1.29, 1.82) is 0 Å². The molecule has 2 amide bonds. The molecule has 0 aromatic carbocycles. The molecule has 6 heteroatoms. The van der Waals surface area contributed by atoms with E-state index >= 15 is 0 Å². The van der Waals surface area contributed by atoms with Gasteiger partial charge in [0.05, 0.1) is 0 Å². The molecular weight excluding hydrogens is 192 g/mol. The fraction of sp³-hybridized carbons (Fsp3) is 0.714. The van der Waals surface area contributed by atoms with E-state index in [0.29, 0.717) is 18.8 Å².